The summed E-state index contributed by atoms with van der Waals surface area (Å²) in [7, 11) is -3.76. The van der Waals surface area contributed by atoms with Crippen LogP contribution in [0.1, 0.15) is 35.1 Å². The number of carbonyl (C=O) groups is 1. The molecule has 1 aromatic heterocycles. The Morgan fingerprint density at radius 1 is 1.11 bits per heavy atom. The first kappa shape index (κ1) is 19.5. The fourth-order valence-corrected chi connectivity index (χ4v) is 5.80. The Labute approximate surface area is 160 Å². The number of pyridine rings is 1. The lowest BCUT2D eigenvalue weighted by atomic mass is 10.1. The first-order chi connectivity index (χ1) is 12.7. The number of anilines is 1. The molecule has 6 nitrogen and oxygen atoms in total. The van der Waals surface area contributed by atoms with Crippen molar-refractivity contribution < 1.29 is 13.2 Å². The number of benzene rings is 1. The van der Waals surface area contributed by atoms with Crippen LogP contribution in [0.25, 0.3) is 0 Å². The van der Waals surface area contributed by atoms with Crippen molar-refractivity contribution in [2.75, 3.05) is 11.9 Å². The highest BCUT2D eigenvalue weighted by Gasteiger charge is 2.40. The molecule has 1 aliphatic rings. The van der Waals surface area contributed by atoms with E-state index in [0.29, 0.717) is 41.2 Å². The molecule has 3 rings (SSSR count). The van der Waals surface area contributed by atoms with Crippen molar-refractivity contribution in [3.05, 3.63) is 52.7 Å². The van der Waals surface area contributed by atoms with Gasteiger partial charge in [0.15, 0.2) is 0 Å². The van der Waals surface area contributed by atoms with Crippen LogP contribution in [0.3, 0.4) is 0 Å². The van der Waals surface area contributed by atoms with Crippen molar-refractivity contribution in [2.45, 2.75) is 51.5 Å². The highest BCUT2D eigenvalue weighted by Crippen LogP contribution is 2.31. The molecule has 1 aromatic carbocycles. The normalized spacial score (nSPS) is 17.9. The molecule has 2 heterocycles. The van der Waals surface area contributed by atoms with E-state index in [0.717, 1.165) is 11.1 Å². The molecule has 1 amide bonds. The first-order valence-corrected chi connectivity index (χ1v) is 10.5. The predicted octanol–water partition coefficient (Wildman–Crippen LogP) is 3.11. The summed E-state index contributed by atoms with van der Waals surface area (Å²) >= 11 is 0. The maximum absolute atomic E-state index is 13.3. The molecular formula is C20H25N3O3S. The zero-order valence-electron chi connectivity index (χ0n) is 16.1. The number of sulfonamides is 1. The minimum Gasteiger partial charge on any atom is -0.309 e. The van der Waals surface area contributed by atoms with Crippen LogP contribution in [0.2, 0.25) is 0 Å². The number of hydrogen-bond acceptors (Lipinski definition) is 4. The van der Waals surface area contributed by atoms with Gasteiger partial charge in [-0.25, -0.2) is 13.4 Å². The Balaban J connectivity index is 1.89. The third kappa shape index (κ3) is 3.89. The van der Waals surface area contributed by atoms with Gasteiger partial charge < -0.3 is 5.32 Å². The summed E-state index contributed by atoms with van der Waals surface area (Å²) in [6.45, 7) is 7.80. The van der Waals surface area contributed by atoms with Crippen molar-refractivity contribution >= 4 is 21.7 Å². The molecule has 1 unspecified atom stereocenters. The summed E-state index contributed by atoms with van der Waals surface area (Å²) in [4.78, 5) is 17.2. The lowest BCUT2D eigenvalue weighted by Crippen LogP contribution is -2.43. The van der Waals surface area contributed by atoms with Gasteiger partial charge >= 0.3 is 0 Å². The summed E-state index contributed by atoms with van der Waals surface area (Å²) < 4.78 is 28.0. The number of amides is 1. The van der Waals surface area contributed by atoms with Crippen molar-refractivity contribution in [3.8, 4) is 0 Å². The van der Waals surface area contributed by atoms with E-state index in [-0.39, 0.29) is 5.91 Å². The van der Waals surface area contributed by atoms with E-state index in [1.165, 1.54) is 4.31 Å². The molecule has 1 atom stereocenters. The molecule has 1 fully saturated rings. The molecule has 0 bridgehead atoms. The van der Waals surface area contributed by atoms with Crippen LogP contribution in [0.15, 0.2) is 35.4 Å². The van der Waals surface area contributed by atoms with Crippen molar-refractivity contribution in [1.29, 1.82) is 0 Å². The molecule has 144 valence electrons. The Kier molecular flexibility index (Phi) is 5.35. The molecule has 1 saturated heterocycles. The fraction of sp³-hybridized carbons (Fsp3) is 0.400. The van der Waals surface area contributed by atoms with E-state index in [1.807, 2.05) is 32.0 Å². The Morgan fingerprint density at radius 2 is 1.78 bits per heavy atom. The number of rotatable bonds is 4. The molecule has 27 heavy (non-hydrogen) atoms. The van der Waals surface area contributed by atoms with Crippen LogP contribution in [-0.2, 0) is 14.8 Å². The topological polar surface area (TPSA) is 79.4 Å². The second-order valence-electron chi connectivity index (χ2n) is 7.21. The van der Waals surface area contributed by atoms with Crippen LogP contribution < -0.4 is 5.32 Å². The van der Waals surface area contributed by atoms with E-state index in [2.05, 4.69) is 10.3 Å². The zero-order valence-corrected chi connectivity index (χ0v) is 16.9. The number of nitrogens with one attached hydrogen (secondary N) is 1. The number of hydrogen-bond donors (Lipinski definition) is 1. The van der Waals surface area contributed by atoms with Gasteiger partial charge in [-0.3, -0.25) is 4.79 Å². The lowest BCUT2D eigenvalue weighted by molar-refractivity contribution is -0.119. The summed E-state index contributed by atoms with van der Waals surface area (Å²) in [6.07, 6.45) is 2.82. The van der Waals surface area contributed by atoms with Crippen LogP contribution in [-0.4, -0.2) is 36.2 Å². The van der Waals surface area contributed by atoms with Crippen molar-refractivity contribution in [2.24, 2.45) is 0 Å². The molecule has 0 spiro atoms. The smallest absolute Gasteiger partial charge is 0.244 e. The fourth-order valence-electron chi connectivity index (χ4n) is 3.73. The van der Waals surface area contributed by atoms with Gasteiger partial charge in [-0.2, -0.15) is 4.31 Å². The second kappa shape index (κ2) is 7.40. The third-order valence-electron chi connectivity index (χ3n) is 4.84. The predicted molar refractivity (Wildman–Crippen MR) is 105 cm³/mol. The number of carbonyl (C=O) groups excluding carboxylic acids is 1. The maximum atomic E-state index is 13.3. The van der Waals surface area contributed by atoms with Gasteiger partial charge in [0, 0.05) is 12.7 Å². The van der Waals surface area contributed by atoms with Gasteiger partial charge in [0.2, 0.25) is 15.9 Å². The van der Waals surface area contributed by atoms with Crippen LogP contribution in [0.5, 0.6) is 0 Å². The number of nitrogens with zero attached hydrogens (tertiary/aromatic N) is 2. The monoisotopic (exact) mass is 387 g/mol. The Morgan fingerprint density at radius 3 is 2.37 bits per heavy atom. The van der Waals surface area contributed by atoms with E-state index in [4.69, 9.17) is 0 Å². The van der Waals surface area contributed by atoms with Gasteiger partial charge in [0.1, 0.15) is 11.9 Å². The quantitative estimate of drug-likeness (QED) is 0.874. The summed E-state index contributed by atoms with van der Waals surface area (Å²) in [5.74, 6) is 0.0902. The largest absolute Gasteiger partial charge is 0.309 e. The molecule has 0 aliphatic carbocycles. The molecule has 1 aliphatic heterocycles. The average Bonchev–Trinajstić information content (AvgIpc) is 3.06. The summed E-state index contributed by atoms with van der Waals surface area (Å²) in [5.41, 5.74) is 3.42. The summed E-state index contributed by atoms with van der Waals surface area (Å²) in [6, 6.07) is 6.57. The van der Waals surface area contributed by atoms with Gasteiger partial charge in [-0.05, 0) is 63.3 Å². The second-order valence-corrected chi connectivity index (χ2v) is 9.04. The van der Waals surface area contributed by atoms with Crippen LogP contribution >= 0.6 is 0 Å². The Hall–Kier alpha value is -2.25. The minimum atomic E-state index is -3.76. The highest BCUT2D eigenvalue weighted by molar-refractivity contribution is 7.89. The Bertz CT molecular complexity index is 945. The average molecular weight is 388 g/mol. The van der Waals surface area contributed by atoms with Gasteiger partial charge in [-0.15, -0.1) is 0 Å². The lowest BCUT2D eigenvalue weighted by Gasteiger charge is -2.25. The van der Waals surface area contributed by atoms with E-state index in [9.17, 15) is 13.2 Å². The standard InChI is InChI=1S/C20H25N3O3S/c1-13-7-8-18(21-12-13)22-20(24)17-6-5-9-23(17)27(25,26)19-15(3)10-14(2)11-16(19)4/h7-8,10-12,17H,5-6,9H2,1-4H3,(H,21,22,24). The third-order valence-corrected chi connectivity index (χ3v) is 7.05. The SMILES string of the molecule is Cc1ccc(NC(=O)C2CCCN2S(=O)(=O)c2c(C)cc(C)cc2C)nc1. The van der Waals surface area contributed by atoms with Gasteiger partial charge in [-0.1, -0.05) is 23.8 Å². The van der Waals surface area contributed by atoms with Crippen LogP contribution in [0.4, 0.5) is 5.82 Å². The maximum Gasteiger partial charge on any atom is 0.244 e. The van der Waals surface area contributed by atoms with Crippen molar-refractivity contribution in [1.82, 2.24) is 9.29 Å². The van der Waals surface area contributed by atoms with E-state index < -0.39 is 16.1 Å². The zero-order chi connectivity index (χ0) is 19.8. The van der Waals surface area contributed by atoms with Gasteiger partial charge in [0.25, 0.3) is 0 Å². The molecule has 0 saturated carbocycles. The highest BCUT2D eigenvalue weighted by atomic mass is 32.2. The molecule has 2 aromatic rings. The molecular weight excluding hydrogens is 362 g/mol. The van der Waals surface area contributed by atoms with Crippen molar-refractivity contribution in [3.63, 3.8) is 0 Å². The van der Waals surface area contributed by atoms with Gasteiger partial charge in [0.05, 0.1) is 4.90 Å². The number of aryl methyl sites for hydroxylation is 4. The first-order valence-electron chi connectivity index (χ1n) is 9.03. The molecule has 7 heteroatoms. The summed E-state index contributed by atoms with van der Waals surface area (Å²) in [5, 5.41) is 2.75. The molecule has 1 N–H and O–H groups in total. The van der Waals surface area contributed by atoms with E-state index in [1.54, 1.807) is 26.1 Å². The molecule has 0 radical (unpaired) electrons. The van der Waals surface area contributed by atoms with Crippen LogP contribution in [0, 0.1) is 27.7 Å². The minimum absolute atomic E-state index is 0.307. The van der Waals surface area contributed by atoms with E-state index >= 15 is 0 Å². The number of aromatic nitrogens is 1.